The average molecular weight is 759 g/mol. The first-order valence-corrected chi connectivity index (χ1v) is 18.8. The van der Waals surface area contributed by atoms with E-state index < -0.39 is 35.2 Å². The second-order valence-electron chi connectivity index (χ2n) is 14.9. The van der Waals surface area contributed by atoms with E-state index >= 15 is 8.78 Å². The highest BCUT2D eigenvalue weighted by atomic mass is 19.2. The lowest BCUT2D eigenvalue weighted by Crippen LogP contribution is -2.55. The van der Waals surface area contributed by atoms with Gasteiger partial charge in [-0.15, -0.1) is 0 Å². The Morgan fingerprint density at radius 2 is 1.95 bits per heavy atom. The summed E-state index contributed by atoms with van der Waals surface area (Å²) < 4.78 is 72.8. The molecule has 2 aromatic carbocycles. The van der Waals surface area contributed by atoms with Crippen molar-refractivity contribution >= 4 is 33.4 Å². The summed E-state index contributed by atoms with van der Waals surface area (Å²) in [4.78, 5) is 35.0. The molecule has 288 valence electrons. The van der Waals surface area contributed by atoms with E-state index in [-0.39, 0.29) is 77.5 Å². The molecule has 55 heavy (non-hydrogen) atoms. The first-order valence-electron chi connectivity index (χ1n) is 18.8. The van der Waals surface area contributed by atoms with Gasteiger partial charge in [-0.3, -0.25) is 19.6 Å². The van der Waals surface area contributed by atoms with E-state index in [2.05, 4.69) is 25.8 Å². The van der Waals surface area contributed by atoms with Crippen LogP contribution in [0.15, 0.2) is 48.7 Å². The van der Waals surface area contributed by atoms with Crippen molar-refractivity contribution in [2.45, 2.75) is 56.0 Å². The van der Waals surface area contributed by atoms with Crippen LogP contribution in [-0.4, -0.2) is 125 Å². The van der Waals surface area contributed by atoms with Crippen molar-refractivity contribution in [3.63, 3.8) is 0 Å². The van der Waals surface area contributed by atoms with E-state index in [1.807, 2.05) is 11.0 Å². The van der Waals surface area contributed by atoms with Crippen LogP contribution in [0, 0.1) is 28.8 Å². The lowest BCUT2D eigenvalue weighted by Gasteiger charge is -2.41. The maximum atomic E-state index is 16.9. The third-order valence-electron chi connectivity index (χ3n) is 11.6. The number of carbonyl (C=O) groups excluding carboxylic acids is 1. The summed E-state index contributed by atoms with van der Waals surface area (Å²) in [5.74, 6) is -2.99. The number of methoxy groups -OCH3 is 1. The van der Waals surface area contributed by atoms with E-state index in [4.69, 9.17) is 14.5 Å². The first kappa shape index (κ1) is 37.0. The number of hydrogen-bond donors (Lipinski definition) is 0. The fourth-order valence-electron chi connectivity index (χ4n) is 8.84. The number of nitrogens with zero attached hydrogens (tertiary/aromatic N) is 8. The number of amides is 1. The molecule has 0 spiro atoms. The van der Waals surface area contributed by atoms with Crippen molar-refractivity contribution in [2.24, 2.45) is 0 Å². The number of hydrogen-bond acceptors (Lipinski definition) is 10. The van der Waals surface area contributed by atoms with E-state index in [9.17, 15) is 18.8 Å². The van der Waals surface area contributed by atoms with Crippen LogP contribution in [0.5, 0.6) is 6.01 Å². The molecule has 11 nitrogen and oxygen atoms in total. The predicted molar refractivity (Wildman–Crippen MR) is 198 cm³/mol. The Morgan fingerprint density at radius 3 is 2.76 bits per heavy atom. The van der Waals surface area contributed by atoms with Gasteiger partial charge in [0.15, 0.2) is 17.5 Å². The highest BCUT2D eigenvalue weighted by Gasteiger charge is 2.49. The highest BCUT2D eigenvalue weighted by Crippen LogP contribution is 2.41. The molecule has 2 aromatic heterocycles. The maximum Gasteiger partial charge on any atom is 0.319 e. The van der Waals surface area contributed by atoms with Gasteiger partial charge in [0.1, 0.15) is 29.8 Å². The molecular formula is C40H42F4N8O3. The minimum absolute atomic E-state index is 0.0484. The number of nitriles is 1. The molecule has 15 heteroatoms. The molecule has 0 radical (unpaired) electrons. The summed E-state index contributed by atoms with van der Waals surface area (Å²) in [7, 11) is 1.70. The van der Waals surface area contributed by atoms with Crippen LogP contribution in [0.3, 0.4) is 0 Å². The molecule has 0 bridgehead atoms. The zero-order valence-corrected chi connectivity index (χ0v) is 30.6. The van der Waals surface area contributed by atoms with Gasteiger partial charge in [0.25, 0.3) is 0 Å². The second kappa shape index (κ2) is 15.3. The van der Waals surface area contributed by atoms with Crippen molar-refractivity contribution in [1.29, 1.82) is 5.26 Å². The van der Waals surface area contributed by atoms with E-state index in [0.29, 0.717) is 31.4 Å². The summed E-state index contributed by atoms with van der Waals surface area (Å²) in [6.07, 6.45) is 6.92. The lowest BCUT2D eigenvalue weighted by atomic mass is 9.95. The van der Waals surface area contributed by atoms with Gasteiger partial charge in [-0.05, 0) is 37.3 Å². The Kier molecular flexibility index (Phi) is 10.3. The Morgan fingerprint density at radius 1 is 1.07 bits per heavy atom. The Labute approximate surface area is 316 Å². The van der Waals surface area contributed by atoms with Gasteiger partial charge in [-0.1, -0.05) is 30.3 Å². The molecule has 4 atom stereocenters. The van der Waals surface area contributed by atoms with Crippen molar-refractivity contribution in [3.05, 3.63) is 66.1 Å². The molecule has 6 heterocycles. The topological polar surface area (TPSA) is 111 Å². The van der Waals surface area contributed by atoms with E-state index in [1.165, 1.54) is 18.3 Å². The molecule has 4 saturated heterocycles. The molecular weight excluding hydrogens is 716 g/mol. The summed E-state index contributed by atoms with van der Waals surface area (Å²) in [5, 5.41) is 10.3. The van der Waals surface area contributed by atoms with Crippen molar-refractivity contribution in [3.8, 4) is 23.3 Å². The van der Waals surface area contributed by atoms with Gasteiger partial charge < -0.3 is 19.3 Å². The molecule has 0 unspecified atom stereocenters. The average Bonchev–Trinajstić information content (AvgIpc) is 3.89. The number of rotatable bonds is 10. The maximum absolute atomic E-state index is 16.9. The number of anilines is 1. The molecule has 1 amide bonds. The van der Waals surface area contributed by atoms with Gasteiger partial charge in [0, 0.05) is 82.6 Å². The van der Waals surface area contributed by atoms with E-state index in [0.717, 1.165) is 45.0 Å². The van der Waals surface area contributed by atoms with Crippen LogP contribution in [-0.2, 0) is 9.53 Å². The number of fused-ring (bicyclic) bond motifs is 3. The fraction of sp³-hybridized carbons (Fsp3) is 0.475. The van der Waals surface area contributed by atoms with Gasteiger partial charge in [-0.2, -0.15) is 15.2 Å². The standard InChI is InChI=1S/C40H42F4N8O3/c1-54-28-11-16-49(23-28)14-3-7-32(53)52-18-17-50(22-27(52)10-13-45)38-30-20-46-36(29-6-2-5-25-8-9-31(42)34(43)33(25)29)35(44)37(30)47-39(48-38)55-24-40-12-4-15-51(40)21-26(41)19-40/h2-3,5-9,20,26-28H,4,10-12,14-19,21-24H2,1H3/b7-3+/t26-,27+,28+,40+/m1/s1. The SMILES string of the molecule is CO[C@H]1CCN(C/C=C/C(=O)N2CCN(c3nc(OC[C@@]45CCCN4C[C@H](F)C5)nc4c(F)c(-c5cccc6ccc(F)c(F)c56)ncc34)C[C@@H]2CC#N)C1. The van der Waals surface area contributed by atoms with Crippen LogP contribution in [0.1, 0.15) is 32.1 Å². The van der Waals surface area contributed by atoms with Gasteiger partial charge in [-0.25, -0.2) is 17.6 Å². The largest absolute Gasteiger partial charge is 0.461 e. The third-order valence-corrected chi connectivity index (χ3v) is 11.6. The molecule has 0 N–H and O–H groups in total. The fourth-order valence-corrected chi connectivity index (χ4v) is 8.84. The summed E-state index contributed by atoms with van der Waals surface area (Å²) in [6, 6.07) is 8.69. The number of piperazine rings is 1. The quantitative estimate of drug-likeness (QED) is 0.154. The molecule has 4 aromatic rings. The molecule has 0 saturated carbocycles. The number of carbonyl (C=O) groups is 1. The molecule has 4 aliphatic rings. The Hall–Kier alpha value is -4.91. The van der Waals surface area contributed by atoms with E-state index in [1.54, 1.807) is 30.2 Å². The molecule has 8 rings (SSSR count). The van der Waals surface area contributed by atoms with Crippen LogP contribution in [0.4, 0.5) is 23.4 Å². The Bertz CT molecular complexity index is 2180. The molecule has 4 fully saturated rings. The zero-order valence-electron chi connectivity index (χ0n) is 30.6. The van der Waals surface area contributed by atoms with Crippen LogP contribution in [0.2, 0.25) is 0 Å². The number of halogens is 4. The summed E-state index contributed by atoms with van der Waals surface area (Å²) >= 11 is 0. The smallest absolute Gasteiger partial charge is 0.319 e. The number of pyridine rings is 1. The number of likely N-dealkylation sites (tertiary alicyclic amines) is 1. The second-order valence-corrected chi connectivity index (χ2v) is 14.9. The van der Waals surface area contributed by atoms with Gasteiger partial charge >= 0.3 is 6.01 Å². The van der Waals surface area contributed by atoms with Crippen molar-refractivity contribution < 1.29 is 31.8 Å². The number of aromatic nitrogens is 3. The predicted octanol–water partition coefficient (Wildman–Crippen LogP) is 5.43. The van der Waals surface area contributed by atoms with Crippen molar-refractivity contribution in [1.82, 2.24) is 29.7 Å². The number of ether oxygens (including phenoxy) is 2. The zero-order chi connectivity index (χ0) is 38.3. The third kappa shape index (κ3) is 7.07. The van der Waals surface area contributed by atoms with Gasteiger partial charge in [0.2, 0.25) is 5.91 Å². The minimum atomic E-state index is -1.12. The lowest BCUT2D eigenvalue weighted by molar-refractivity contribution is -0.128. The molecule has 0 aliphatic carbocycles. The Balaban J connectivity index is 1.13. The first-order chi connectivity index (χ1) is 26.7. The summed E-state index contributed by atoms with van der Waals surface area (Å²) in [6.45, 7) is 4.23. The monoisotopic (exact) mass is 758 g/mol. The van der Waals surface area contributed by atoms with Crippen LogP contribution in [0.25, 0.3) is 32.9 Å². The molecule has 4 aliphatic heterocycles. The van der Waals surface area contributed by atoms with Crippen LogP contribution >= 0.6 is 0 Å². The van der Waals surface area contributed by atoms with Gasteiger partial charge in [0.05, 0.1) is 35.6 Å². The highest BCUT2D eigenvalue weighted by molar-refractivity contribution is 5.99. The van der Waals surface area contributed by atoms with Crippen LogP contribution < -0.4 is 9.64 Å². The number of benzene rings is 2. The number of alkyl halides is 1. The normalized spacial score (nSPS) is 24.7. The van der Waals surface area contributed by atoms with Crippen molar-refractivity contribution in [2.75, 3.05) is 71.0 Å². The summed E-state index contributed by atoms with van der Waals surface area (Å²) in [5.41, 5.74) is -0.854. The minimum Gasteiger partial charge on any atom is -0.461 e.